The van der Waals surface area contributed by atoms with E-state index in [1.54, 1.807) is 0 Å². The molecular formula is C17H19BrClN. The van der Waals surface area contributed by atoms with Gasteiger partial charge in [0.25, 0.3) is 0 Å². The molecule has 1 atom stereocenters. The number of hydrogen-bond acceptors (Lipinski definition) is 1. The van der Waals surface area contributed by atoms with Gasteiger partial charge in [0.05, 0.1) is 6.04 Å². The highest BCUT2D eigenvalue weighted by Crippen LogP contribution is 2.31. The lowest BCUT2D eigenvalue weighted by Gasteiger charge is -2.19. The summed E-state index contributed by atoms with van der Waals surface area (Å²) in [6.45, 7) is 4.32. The highest BCUT2D eigenvalue weighted by molar-refractivity contribution is 9.10. The van der Waals surface area contributed by atoms with Crippen molar-refractivity contribution in [2.75, 3.05) is 0 Å². The molecule has 0 aliphatic heterocycles. The summed E-state index contributed by atoms with van der Waals surface area (Å²) < 4.78 is 0.998. The van der Waals surface area contributed by atoms with E-state index in [0.29, 0.717) is 5.02 Å². The first-order valence-corrected chi connectivity index (χ1v) is 8.06. The van der Waals surface area contributed by atoms with Crippen molar-refractivity contribution in [3.63, 3.8) is 0 Å². The van der Waals surface area contributed by atoms with Crippen molar-refractivity contribution in [1.29, 1.82) is 0 Å². The van der Waals surface area contributed by atoms with Gasteiger partial charge in [-0.3, -0.25) is 0 Å². The minimum Gasteiger partial charge on any atom is -0.320 e. The molecule has 106 valence electrons. The van der Waals surface area contributed by atoms with Gasteiger partial charge < -0.3 is 5.73 Å². The van der Waals surface area contributed by atoms with Gasteiger partial charge in [0.1, 0.15) is 0 Å². The smallest absolute Gasteiger partial charge is 0.0566 e. The first-order valence-electron chi connectivity index (χ1n) is 6.89. The van der Waals surface area contributed by atoms with E-state index in [1.165, 1.54) is 16.7 Å². The number of aryl methyl sites for hydroxylation is 2. The molecule has 0 bridgehead atoms. The quantitative estimate of drug-likeness (QED) is 0.796. The molecule has 20 heavy (non-hydrogen) atoms. The highest BCUT2D eigenvalue weighted by atomic mass is 79.9. The van der Waals surface area contributed by atoms with Crippen molar-refractivity contribution in [3.8, 4) is 0 Å². The Morgan fingerprint density at radius 3 is 2.45 bits per heavy atom. The Balaban J connectivity index is 2.51. The van der Waals surface area contributed by atoms with Crippen molar-refractivity contribution in [1.82, 2.24) is 0 Å². The van der Waals surface area contributed by atoms with E-state index in [1.807, 2.05) is 18.2 Å². The highest BCUT2D eigenvalue weighted by Gasteiger charge is 2.16. The van der Waals surface area contributed by atoms with Crippen LogP contribution < -0.4 is 5.73 Å². The number of hydrogen-bond donors (Lipinski definition) is 1. The Morgan fingerprint density at radius 2 is 1.80 bits per heavy atom. The maximum atomic E-state index is 6.50. The average molecular weight is 353 g/mol. The second-order valence-electron chi connectivity index (χ2n) is 4.88. The third-order valence-electron chi connectivity index (χ3n) is 3.63. The van der Waals surface area contributed by atoms with Crippen LogP contribution >= 0.6 is 27.5 Å². The molecule has 0 aromatic heterocycles. The summed E-state index contributed by atoms with van der Waals surface area (Å²) >= 11 is 9.68. The van der Waals surface area contributed by atoms with Crippen LogP contribution in [0.5, 0.6) is 0 Å². The predicted molar refractivity (Wildman–Crippen MR) is 90.4 cm³/mol. The van der Waals surface area contributed by atoms with Gasteiger partial charge in [0.15, 0.2) is 0 Å². The zero-order chi connectivity index (χ0) is 14.7. The van der Waals surface area contributed by atoms with Gasteiger partial charge in [-0.2, -0.15) is 0 Å². The number of rotatable bonds is 4. The molecule has 0 spiro atoms. The van der Waals surface area contributed by atoms with Crippen molar-refractivity contribution >= 4 is 27.5 Å². The summed E-state index contributed by atoms with van der Waals surface area (Å²) in [4.78, 5) is 0. The maximum Gasteiger partial charge on any atom is 0.0566 e. The molecule has 0 saturated heterocycles. The molecule has 1 unspecified atom stereocenters. The van der Waals surface area contributed by atoms with Crippen LogP contribution in [0.15, 0.2) is 40.9 Å². The monoisotopic (exact) mass is 351 g/mol. The van der Waals surface area contributed by atoms with Gasteiger partial charge in [-0.15, -0.1) is 0 Å². The predicted octanol–water partition coefficient (Wildman–Crippen LogP) is 5.28. The largest absolute Gasteiger partial charge is 0.320 e. The minimum absolute atomic E-state index is 0.162. The third-order valence-corrected chi connectivity index (χ3v) is 4.58. The number of nitrogens with two attached hydrogens (primary N) is 1. The van der Waals surface area contributed by atoms with Crippen LogP contribution in [0.25, 0.3) is 0 Å². The zero-order valence-corrected chi connectivity index (χ0v) is 14.1. The SMILES string of the molecule is CCc1ccc(CC)c(C(N)c2cc(Cl)ccc2Br)c1. The molecule has 2 rings (SSSR count). The molecule has 0 aliphatic carbocycles. The molecule has 2 N–H and O–H groups in total. The lowest BCUT2D eigenvalue weighted by Crippen LogP contribution is -2.15. The van der Waals surface area contributed by atoms with Crippen LogP contribution in [-0.2, 0) is 12.8 Å². The fraction of sp³-hybridized carbons (Fsp3) is 0.294. The fourth-order valence-corrected chi connectivity index (χ4v) is 3.07. The van der Waals surface area contributed by atoms with Crippen LogP contribution in [0.4, 0.5) is 0 Å². The normalized spacial score (nSPS) is 12.4. The molecule has 0 saturated carbocycles. The second-order valence-corrected chi connectivity index (χ2v) is 6.17. The number of halogens is 2. The van der Waals surface area contributed by atoms with Crippen LogP contribution in [-0.4, -0.2) is 0 Å². The standard InChI is InChI=1S/C17H19BrClN/c1-3-11-5-6-12(4-2)14(9-11)17(20)15-10-13(19)7-8-16(15)18/h5-10,17H,3-4,20H2,1-2H3. The fourth-order valence-electron chi connectivity index (χ4n) is 2.40. The maximum absolute atomic E-state index is 6.50. The van der Waals surface area contributed by atoms with Gasteiger partial charge in [-0.05, 0) is 53.3 Å². The van der Waals surface area contributed by atoms with Crippen molar-refractivity contribution in [2.24, 2.45) is 5.73 Å². The topological polar surface area (TPSA) is 26.0 Å². The van der Waals surface area contributed by atoms with E-state index >= 15 is 0 Å². The van der Waals surface area contributed by atoms with Crippen molar-refractivity contribution < 1.29 is 0 Å². The Kier molecular flexibility index (Phi) is 5.25. The Morgan fingerprint density at radius 1 is 1.05 bits per heavy atom. The molecule has 3 heteroatoms. The summed E-state index contributed by atoms with van der Waals surface area (Å²) in [5.41, 5.74) is 11.3. The Hall–Kier alpha value is -0.830. The van der Waals surface area contributed by atoms with E-state index in [9.17, 15) is 0 Å². The summed E-state index contributed by atoms with van der Waals surface area (Å²) in [5, 5.41) is 0.711. The van der Waals surface area contributed by atoms with E-state index in [4.69, 9.17) is 17.3 Å². The molecule has 0 fully saturated rings. The van der Waals surface area contributed by atoms with Crippen LogP contribution in [0.1, 0.15) is 42.1 Å². The summed E-state index contributed by atoms with van der Waals surface area (Å²) in [5.74, 6) is 0. The zero-order valence-electron chi connectivity index (χ0n) is 11.8. The van der Waals surface area contributed by atoms with Gasteiger partial charge in [0.2, 0.25) is 0 Å². The van der Waals surface area contributed by atoms with E-state index < -0.39 is 0 Å². The van der Waals surface area contributed by atoms with Gasteiger partial charge in [-0.1, -0.05) is 59.6 Å². The van der Waals surface area contributed by atoms with Gasteiger partial charge in [-0.25, -0.2) is 0 Å². The molecule has 0 radical (unpaired) electrons. The van der Waals surface area contributed by atoms with E-state index in [0.717, 1.165) is 22.9 Å². The van der Waals surface area contributed by atoms with Crippen molar-refractivity contribution in [3.05, 3.63) is 68.1 Å². The third kappa shape index (κ3) is 3.25. The van der Waals surface area contributed by atoms with Crippen LogP contribution in [0.3, 0.4) is 0 Å². The lowest BCUT2D eigenvalue weighted by molar-refractivity contribution is 0.840. The van der Waals surface area contributed by atoms with Gasteiger partial charge in [0, 0.05) is 9.50 Å². The molecule has 1 nitrogen and oxygen atoms in total. The molecule has 2 aromatic carbocycles. The first kappa shape index (κ1) is 15.6. The lowest BCUT2D eigenvalue weighted by atomic mass is 9.92. The van der Waals surface area contributed by atoms with E-state index in [-0.39, 0.29) is 6.04 Å². The molecule has 0 amide bonds. The summed E-state index contributed by atoms with van der Waals surface area (Å²) in [7, 11) is 0. The number of benzene rings is 2. The summed E-state index contributed by atoms with van der Waals surface area (Å²) in [6, 6.07) is 12.2. The molecular weight excluding hydrogens is 334 g/mol. The van der Waals surface area contributed by atoms with Crippen LogP contribution in [0.2, 0.25) is 5.02 Å². The summed E-state index contributed by atoms with van der Waals surface area (Å²) in [6.07, 6.45) is 1.99. The second kappa shape index (κ2) is 6.75. The van der Waals surface area contributed by atoms with Crippen molar-refractivity contribution in [2.45, 2.75) is 32.7 Å². The Labute approximate surface area is 134 Å². The van der Waals surface area contributed by atoms with Crippen LogP contribution in [0, 0.1) is 0 Å². The first-order chi connectivity index (χ1) is 9.56. The minimum atomic E-state index is -0.162. The molecule has 0 heterocycles. The molecule has 2 aromatic rings. The average Bonchev–Trinajstić information content (AvgIpc) is 2.48. The van der Waals surface area contributed by atoms with Gasteiger partial charge >= 0.3 is 0 Å². The Bertz CT molecular complexity index is 610. The van der Waals surface area contributed by atoms with E-state index in [2.05, 4.69) is 48.0 Å². The molecule has 0 aliphatic rings.